The summed E-state index contributed by atoms with van der Waals surface area (Å²) in [6.45, 7) is 0. The largest absolute Gasteiger partial charge is 0.504 e. The lowest BCUT2D eigenvalue weighted by atomic mass is 10.2. The highest BCUT2D eigenvalue weighted by molar-refractivity contribution is 5.94. The van der Waals surface area contributed by atoms with Gasteiger partial charge in [-0.1, -0.05) is 0 Å². The molecule has 3 aromatic rings. The number of nitrogens with zero attached hydrogens (tertiary/aromatic N) is 5. The number of carbonyl (C=O) groups excluding carboxylic acids is 1. The predicted octanol–water partition coefficient (Wildman–Crippen LogP) is 3.38. The van der Waals surface area contributed by atoms with Crippen molar-refractivity contribution in [3.05, 3.63) is 59.4 Å². The number of amides is 1. The molecule has 158 valence electrons. The molecule has 3 heterocycles. The van der Waals surface area contributed by atoms with Gasteiger partial charge in [0.15, 0.2) is 0 Å². The van der Waals surface area contributed by atoms with E-state index < -0.39 is 30.1 Å². The molecule has 0 aliphatic heterocycles. The van der Waals surface area contributed by atoms with Crippen LogP contribution in [-0.4, -0.2) is 30.5 Å². The number of aryl methyl sites for hydroxylation is 1. The van der Waals surface area contributed by atoms with Gasteiger partial charge in [0.2, 0.25) is 0 Å². The van der Waals surface area contributed by atoms with Crippen molar-refractivity contribution in [2.75, 3.05) is 0 Å². The lowest BCUT2D eigenvalue weighted by Gasteiger charge is -2.12. The molecule has 1 N–H and O–H groups in total. The van der Waals surface area contributed by atoms with Crippen molar-refractivity contribution in [1.82, 2.24) is 29.9 Å². The third-order valence-corrected chi connectivity index (χ3v) is 4.58. The van der Waals surface area contributed by atoms with E-state index in [1.165, 1.54) is 16.9 Å². The zero-order valence-corrected chi connectivity index (χ0v) is 14.9. The molecule has 30 heavy (non-hydrogen) atoms. The van der Waals surface area contributed by atoms with Gasteiger partial charge in [0.1, 0.15) is 5.69 Å². The van der Waals surface area contributed by atoms with Crippen LogP contribution < -0.4 is 5.32 Å². The summed E-state index contributed by atoms with van der Waals surface area (Å²) >= 11 is 0. The van der Waals surface area contributed by atoms with Gasteiger partial charge >= 0.3 is 12.5 Å². The van der Waals surface area contributed by atoms with Crippen LogP contribution in [0.1, 0.15) is 39.8 Å². The molecule has 7 nitrogen and oxygen atoms in total. The fourth-order valence-corrected chi connectivity index (χ4v) is 3.16. The fourth-order valence-electron chi connectivity index (χ4n) is 3.16. The van der Waals surface area contributed by atoms with Gasteiger partial charge in [0, 0.05) is 24.2 Å². The Morgan fingerprint density at radius 1 is 1.17 bits per heavy atom. The molecular formula is C17H12F6N6O. The maximum Gasteiger partial charge on any atom is 0.504 e. The van der Waals surface area contributed by atoms with Gasteiger partial charge in [-0.25, -0.2) is 4.68 Å². The first kappa shape index (κ1) is 19.9. The Labute approximate surface area is 164 Å². The topological polar surface area (TPSA) is 77.6 Å². The molecule has 0 bridgehead atoms. The molecular weight excluding hydrogens is 418 g/mol. The van der Waals surface area contributed by atoms with Crippen LogP contribution in [0.2, 0.25) is 0 Å². The third-order valence-electron chi connectivity index (χ3n) is 4.58. The molecule has 0 aromatic carbocycles. The summed E-state index contributed by atoms with van der Waals surface area (Å²) in [6, 6.07) is 1.66. The van der Waals surface area contributed by atoms with Crippen LogP contribution in [0, 0.1) is 0 Å². The number of hydrogen-bond acceptors (Lipinski definition) is 4. The normalized spacial score (nSPS) is 16.5. The smallest absolute Gasteiger partial charge is 0.345 e. The van der Waals surface area contributed by atoms with E-state index in [1.54, 1.807) is 0 Å². The standard InChI is InChI=1S/C17H12F6N6O/c18-16(19,20)14-5-10(3-4-24-14)28-8-11-12(1-2-13(11)27-28)26-15(30)9-6-25-29(7-9)17(21,22)23/h3-8,12H,1-2H2,(H,26,30). The molecule has 1 amide bonds. The van der Waals surface area contributed by atoms with E-state index >= 15 is 0 Å². The molecule has 1 unspecified atom stereocenters. The van der Waals surface area contributed by atoms with Crippen LogP contribution in [0.3, 0.4) is 0 Å². The van der Waals surface area contributed by atoms with E-state index in [0.717, 1.165) is 18.5 Å². The van der Waals surface area contributed by atoms with Gasteiger partial charge in [-0.2, -0.15) is 28.1 Å². The monoisotopic (exact) mass is 430 g/mol. The van der Waals surface area contributed by atoms with Crippen LogP contribution >= 0.6 is 0 Å². The quantitative estimate of drug-likeness (QED) is 0.647. The zero-order valence-electron chi connectivity index (χ0n) is 14.9. The molecule has 3 aromatic heterocycles. The Morgan fingerprint density at radius 3 is 2.60 bits per heavy atom. The van der Waals surface area contributed by atoms with Crippen molar-refractivity contribution in [1.29, 1.82) is 0 Å². The van der Waals surface area contributed by atoms with Crippen molar-refractivity contribution in [2.45, 2.75) is 31.4 Å². The van der Waals surface area contributed by atoms with E-state index in [9.17, 15) is 31.1 Å². The summed E-state index contributed by atoms with van der Waals surface area (Å²) in [7, 11) is 0. The number of carbonyl (C=O) groups is 1. The van der Waals surface area contributed by atoms with E-state index in [1.807, 2.05) is 0 Å². The van der Waals surface area contributed by atoms with E-state index in [-0.39, 0.29) is 15.9 Å². The molecule has 1 aliphatic carbocycles. The van der Waals surface area contributed by atoms with Gasteiger partial charge in [0.25, 0.3) is 5.91 Å². The van der Waals surface area contributed by atoms with Crippen molar-refractivity contribution in [3.8, 4) is 5.69 Å². The summed E-state index contributed by atoms with van der Waals surface area (Å²) in [4.78, 5) is 15.6. The second-order valence-corrected chi connectivity index (χ2v) is 6.58. The lowest BCUT2D eigenvalue weighted by molar-refractivity contribution is -0.212. The van der Waals surface area contributed by atoms with Crippen molar-refractivity contribution in [3.63, 3.8) is 0 Å². The minimum atomic E-state index is -4.74. The van der Waals surface area contributed by atoms with E-state index in [0.29, 0.717) is 30.3 Å². The lowest BCUT2D eigenvalue weighted by Crippen LogP contribution is -2.27. The van der Waals surface area contributed by atoms with E-state index in [2.05, 4.69) is 20.5 Å². The second-order valence-electron chi connectivity index (χ2n) is 6.58. The molecule has 13 heteroatoms. The first-order valence-corrected chi connectivity index (χ1v) is 8.57. The van der Waals surface area contributed by atoms with Crippen LogP contribution in [0.5, 0.6) is 0 Å². The molecule has 0 saturated carbocycles. The third kappa shape index (κ3) is 3.74. The average molecular weight is 430 g/mol. The first-order chi connectivity index (χ1) is 14.0. The molecule has 4 rings (SSSR count). The van der Waals surface area contributed by atoms with Crippen LogP contribution in [-0.2, 0) is 18.9 Å². The maximum atomic E-state index is 12.9. The summed E-state index contributed by atoms with van der Waals surface area (Å²) in [5.41, 5.74) is -0.0313. The number of halogens is 6. The molecule has 0 spiro atoms. The summed E-state index contributed by atoms with van der Waals surface area (Å²) < 4.78 is 77.4. The minimum Gasteiger partial charge on any atom is -0.345 e. The van der Waals surface area contributed by atoms with Gasteiger partial charge in [-0.3, -0.25) is 9.78 Å². The Kier molecular flexibility index (Phi) is 4.55. The van der Waals surface area contributed by atoms with Gasteiger partial charge in [-0.05, 0) is 25.0 Å². The summed E-state index contributed by atoms with van der Waals surface area (Å²) in [6.07, 6.45) is -4.55. The van der Waals surface area contributed by atoms with Crippen molar-refractivity contribution >= 4 is 5.91 Å². The fraction of sp³-hybridized carbons (Fsp3) is 0.294. The maximum absolute atomic E-state index is 12.9. The highest BCUT2D eigenvalue weighted by Gasteiger charge is 2.34. The van der Waals surface area contributed by atoms with Crippen LogP contribution in [0.25, 0.3) is 5.69 Å². The molecule has 1 atom stereocenters. The number of pyridine rings is 1. The number of alkyl halides is 6. The Balaban J connectivity index is 1.54. The van der Waals surface area contributed by atoms with Crippen LogP contribution in [0.15, 0.2) is 36.9 Å². The molecule has 1 aliphatic rings. The first-order valence-electron chi connectivity index (χ1n) is 8.57. The van der Waals surface area contributed by atoms with Crippen LogP contribution in [0.4, 0.5) is 26.3 Å². The van der Waals surface area contributed by atoms with Gasteiger partial charge in [-0.15, -0.1) is 13.2 Å². The Bertz CT molecular complexity index is 1100. The average Bonchev–Trinajstić information content (AvgIpc) is 3.37. The molecule has 0 saturated heterocycles. The number of fused-ring (bicyclic) bond motifs is 1. The zero-order chi connectivity index (χ0) is 21.7. The number of nitrogens with one attached hydrogen (secondary N) is 1. The summed E-state index contributed by atoms with van der Waals surface area (Å²) in [5, 5.41) is 9.98. The highest BCUT2D eigenvalue weighted by Crippen LogP contribution is 2.33. The second kappa shape index (κ2) is 6.85. The number of hydrogen-bond donors (Lipinski definition) is 1. The van der Waals surface area contributed by atoms with Crippen molar-refractivity contribution in [2.24, 2.45) is 0 Å². The highest BCUT2D eigenvalue weighted by atomic mass is 19.4. The Morgan fingerprint density at radius 2 is 1.93 bits per heavy atom. The summed E-state index contributed by atoms with van der Waals surface area (Å²) in [5.74, 6) is -0.751. The molecule has 0 fully saturated rings. The van der Waals surface area contributed by atoms with E-state index in [4.69, 9.17) is 0 Å². The number of aromatic nitrogens is 5. The minimum absolute atomic E-state index is 0.142. The van der Waals surface area contributed by atoms with Gasteiger partial charge in [0.05, 0.1) is 29.2 Å². The number of rotatable bonds is 3. The van der Waals surface area contributed by atoms with Crippen molar-refractivity contribution < 1.29 is 31.1 Å². The SMILES string of the molecule is O=C(NC1CCc2nn(-c3ccnc(C(F)(F)F)c3)cc21)c1cnn(C(F)(F)F)c1. The van der Waals surface area contributed by atoms with Gasteiger partial charge < -0.3 is 5.32 Å². The predicted molar refractivity (Wildman–Crippen MR) is 88.4 cm³/mol. The molecule has 0 radical (unpaired) electrons. The Hall–Kier alpha value is -3.38.